The summed E-state index contributed by atoms with van der Waals surface area (Å²) in [5.41, 5.74) is 0.818. The molecule has 0 aliphatic carbocycles. The molecule has 92 valence electrons. The maximum atomic E-state index is 13.4. The highest BCUT2D eigenvalue weighted by molar-refractivity contribution is 5.91. The second-order valence-corrected chi connectivity index (χ2v) is 3.61. The molecule has 3 nitrogen and oxygen atoms in total. The first-order valence-electron chi connectivity index (χ1n) is 5.10. The van der Waals surface area contributed by atoms with Crippen LogP contribution in [0.4, 0.5) is 8.78 Å². The lowest BCUT2D eigenvalue weighted by atomic mass is 10.0. The SMILES string of the molecule is COC(=O)c1cc(F)cc(-c2cncc(F)c2)c1. The van der Waals surface area contributed by atoms with E-state index >= 15 is 0 Å². The Hall–Kier alpha value is -2.30. The van der Waals surface area contributed by atoms with E-state index in [4.69, 9.17) is 0 Å². The third-order valence-corrected chi connectivity index (χ3v) is 2.36. The molecule has 0 atom stereocenters. The molecule has 0 unspecified atom stereocenters. The van der Waals surface area contributed by atoms with Gasteiger partial charge in [-0.2, -0.15) is 0 Å². The van der Waals surface area contributed by atoms with Crippen LogP contribution >= 0.6 is 0 Å². The Morgan fingerprint density at radius 2 is 1.78 bits per heavy atom. The minimum Gasteiger partial charge on any atom is -0.465 e. The number of carbonyl (C=O) groups excluding carboxylic acids is 1. The number of nitrogens with zero attached hydrogens (tertiary/aromatic N) is 1. The highest BCUT2D eigenvalue weighted by atomic mass is 19.1. The van der Waals surface area contributed by atoms with Crippen LogP contribution in [0.3, 0.4) is 0 Å². The number of rotatable bonds is 2. The third-order valence-electron chi connectivity index (χ3n) is 2.36. The topological polar surface area (TPSA) is 39.2 Å². The number of aromatic nitrogens is 1. The number of ether oxygens (including phenoxy) is 1. The van der Waals surface area contributed by atoms with Crippen LogP contribution in [0.25, 0.3) is 11.1 Å². The summed E-state index contributed by atoms with van der Waals surface area (Å²) in [6, 6.07) is 4.89. The minimum absolute atomic E-state index is 0.0664. The Balaban J connectivity index is 2.51. The number of esters is 1. The van der Waals surface area contributed by atoms with Crippen LogP contribution in [0.1, 0.15) is 10.4 Å². The summed E-state index contributed by atoms with van der Waals surface area (Å²) >= 11 is 0. The molecule has 0 amide bonds. The molecule has 0 saturated carbocycles. The van der Waals surface area contributed by atoms with E-state index in [2.05, 4.69) is 9.72 Å². The van der Waals surface area contributed by atoms with Gasteiger partial charge in [0.05, 0.1) is 18.9 Å². The van der Waals surface area contributed by atoms with Crippen molar-refractivity contribution in [1.29, 1.82) is 0 Å². The lowest BCUT2D eigenvalue weighted by Gasteiger charge is -2.05. The summed E-state index contributed by atoms with van der Waals surface area (Å²) in [6.45, 7) is 0. The molecule has 0 fully saturated rings. The molecule has 1 heterocycles. The highest BCUT2D eigenvalue weighted by Crippen LogP contribution is 2.22. The van der Waals surface area contributed by atoms with Crippen molar-refractivity contribution >= 4 is 5.97 Å². The first-order chi connectivity index (χ1) is 8.60. The van der Waals surface area contributed by atoms with Crippen molar-refractivity contribution in [3.63, 3.8) is 0 Å². The zero-order valence-electron chi connectivity index (χ0n) is 9.48. The molecule has 0 spiro atoms. The van der Waals surface area contributed by atoms with Crippen LogP contribution in [0, 0.1) is 11.6 Å². The van der Waals surface area contributed by atoms with Crippen molar-refractivity contribution in [1.82, 2.24) is 4.98 Å². The molecule has 2 rings (SSSR count). The van der Waals surface area contributed by atoms with E-state index in [1.165, 1.54) is 31.5 Å². The van der Waals surface area contributed by atoms with Crippen molar-refractivity contribution in [3.05, 3.63) is 53.9 Å². The monoisotopic (exact) mass is 249 g/mol. The lowest BCUT2D eigenvalue weighted by Crippen LogP contribution is -2.02. The quantitative estimate of drug-likeness (QED) is 0.768. The van der Waals surface area contributed by atoms with Crippen LogP contribution in [0.15, 0.2) is 36.7 Å². The molecule has 0 radical (unpaired) electrons. The second kappa shape index (κ2) is 4.91. The Morgan fingerprint density at radius 1 is 1.06 bits per heavy atom. The van der Waals surface area contributed by atoms with Gasteiger partial charge in [-0.1, -0.05) is 0 Å². The predicted octanol–water partition coefficient (Wildman–Crippen LogP) is 2.81. The molecule has 5 heteroatoms. The Bertz CT molecular complexity index is 599. The zero-order chi connectivity index (χ0) is 13.1. The predicted molar refractivity (Wildman–Crippen MR) is 60.9 cm³/mol. The van der Waals surface area contributed by atoms with Crippen molar-refractivity contribution < 1.29 is 18.3 Å². The minimum atomic E-state index is -0.653. The molecule has 0 aliphatic heterocycles. The fourth-order valence-electron chi connectivity index (χ4n) is 1.56. The maximum absolute atomic E-state index is 13.4. The molecule has 2 aromatic rings. The molecule has 18 heavy (non-hydrogen) atoms. The van der Waals surface area contributed by atoms with Gasteiger partial charge < -0.3 is 4.74 Å². The van der Waals surface area contributed by atoms with E-state index < -0.39 is 17.6 Å². The largest absolute Gasteiger partial charge is 0.465 e. The van der Waals surface area contributed by atoms with E-state index in [-0.39, 0.29) is 5.56 Å². The number of hydrogen-bond donors (Lipinski definition) is 0. The van der Waals surface area contributed by atoms with Crippen molar-refractivity contribution in [2.45, 2.75) is 0 Å². The van der Waals surface area contributed by atoms with Crippen molar-refractivity contribution in [3.8, 4) is 11.1 Å². The summed E-state index contributed by atoms with van der Waals surface area (Å²) in [6.07, 6.45) is 2.43. The van der Waals surface area contributed by atoms with E-state index in [1.54, 1.807) is 0 Å². The molecule has 0 bridgehead atoms. The van der Waals surface area contributed by atoms with Gasteiger partial charge in [0, 0.05) is 11.8 Å². The number of methoxy groups -OCH3 is 1. The summed E-state index contributed by atoms with van der Waals surface area (Å²) in [7, 11) is 1.21. The number of hydrogen-bond acceptors (Lipinski definition) is 3. The van der Waals surface area contributed by atoms with Gasteiger partial charge in [0.1, 0.15) is 11.6 Å². The van der Waals surface area contributed by atoms with Gasteiger partial charge in [-0.3, -0.25) is 4.98 Å². The molecular weight excluding hydrogens is 240 g/mol. The summed E-state index contributed by atoms with van der Waals surface area (Å²) < 4.78 is 30.9. The van der Waals surface area contributed by atoms with Crippen LogP contribution in [-0.2, 0) is 4.74 Å². The molecule has 0 N–H and O–H groups in total. The first-order valence-corrected chi connectivity index (χ1v) is 5.10. The average Bonchev–Trinajstić information content (AvgIpc) is 2.37. The Kier molecular flexibility index (Phi) is 3.32. The highest BCUT2D eigenvalue weighted by Gasteiger charge is 2.10. The first kappa shape index (κ1) is 12.2. The van der Waals surface area contributed by atoms with Crippen LogP contribution in [-0.4, -0.2) is 18.1 Å². The van der Waals surface area contributed by atoms with Gasteiger partial charge in [-0.05, 0) is 29.8 Å². The van der Waals surface area contributed by atoms with Gasteiger partial charge in [0.15, 0.2) is 0 Å². The lowest BCUT2D eigenvalue weighted by molar-refractivity contribution is 0.0600. The van der Waals surface area contributed by atoms with E-state index in [1.807, 2.05) is 0 Å². The average molecular weight is 249 g/mol. The van der Waals surface area contributed by atoms with Crippen molar-refractivity contribution in [2.75, 3.05) is 7.11 Å². The van der Waals surface area contributed by atoms with Gasteiger partial charge in [-0.15, -0.1) is 0 Å². The standard InChI is InChI=1S/C13H9F2NO2/c1-18-13(17)9-2-8(3-11(14)4-9)10-5-12(15)7-16-6-10/h2-7H,1H3. The molecular formula is C13H9F2NO2. The summed E-state index contributed by atoms with van der Waals surface area (Å²) in [5, 5.41) is 0. The normalized spacial score (nSPS) is 10.2. The Labute approximate surface area is 102 Å². The number of carbonyl (C=O) groups is 1. The third kappa shape index (κ3) is 2.51. The van der Waals surface area contributed by atoms with E-state index in [0.29, 0.717) is 11.1 Å². The fourth-order valence-corrected chi connectivity index (χ4v) is 1.56. The van der Waals surface area contributed by atoms with Crippen molar-refractivity contribution in [2.24, 2.45) is 0 Å². The van der Waals surface area contributed by atoms with Gasteiger partial charge >= 0.3 is 5.97 Å². The van der Waals surface area contributed by atoms with Crippen LogP contribution in [0.2, 0.25) is 0 Å². The summed E-state index contributed by atoms with van der Waals surface area (Å²) in [4.78, 5) is 15.0. The zero-order valence-corrected chi connectivity index (χ0v) is 9.48. The second-order valence-electron chi connectivity index (χ2n) is 3.61. The number of halogens is 2. The smallest absolute Gasteiger partial charge is 0.337 e. The van der Waals surface area contributed by atoms with Gasteiger partial charge in [0.2, 0.25) is 0 Å². The number of benzene rings is 1. The fraction of sp³-hybridized carbons (Fsp3) is 0.0769. The van der Waals surface area contributed by atoms with Gasteiger partial charge in [-0.25, -0.2) is 13.6 Å². The summed E-state index contributed by atoms with van der Waals surface area (Å²) in [5.74, 6) is -1.78. The van der Waals surface area contributed by atoms with Crippen LogP contribution < -0.4 is 0 Å². The molecule has 1 aromatic carbocycles. The maximum Gasteiger partial charge on any atom is 0.337 e. The van der Waals surface area contributed by atoms with E-state index in [9.17, 15) is 13.6 Å². The Morgan fingerprint density at radius 3 is 2.44 bits per heavy atom. The molecule has 1 aromatic heterocycles. The molecule has 0 saturated heterocycles. The van der Waals surface area contributed by atoms with Gasteiger partial charge in [0.25, 0.3) is 0 Å². The number of pyridine rings is 1. The van der Waals surface area contributed by atoms with E-state index in [0.717, 1.165) is 12.3 Å². The molecule has 0 aliphatic rings. The van der Waals surface area contributed by atoms with Crippen LogP contribution in [0.5, 0.6) is 0 Å².